The van der Waals surface area contributed by atoms with Crippen LogP contribution in [0.25, 0.3) is 6.08 Å². The van der Waals surface area contributed by atoms with Crippen LogP contribution in [-0.4, -0.2) is 29.6 Å². The lowest BCUT2D eigenvalue weighted by atomic mass is 10.2. The zero-order valence-corrected chi connectivity index (χ0v) is 18.5. The molecule has 0 N–H and O–H groups in total. The van der Waals surface area contributed by atoms with Gasteiger partial charge >= 0.3 is 12.1 Å². The molecule has 0 unspecified atom stereocenters. The number of halogens is 3. The van der Waals surface area contributed by atoms with Gasteiger partial charge in [0.2, 0.25) is 0 Å². The number of anilines is 1. The van der Waals surface area contributed by atoms with E-state index < -0.39 is 35.1 Å². The molecule has 0 fully saturated rings. The molecular weight excluding hydrogens is 479 g/mol. The van der Waals surface area contributed by atoms with Crippen LogP contribution in [0.5, 0.6) is 0 Å². The number of hydrazone groups is 1. The normalized spacial score (nSPS) is 11.5. The maximum atomic E-state index is 13.2. The summed E-state index contributed by atoms with van der Waals surface area (Å²) >= 11 is 0. The van der Waals surface area contributed by atoms with Crippen molar-refractivity contribution in [3.63, 3.8) is 0 Å². The molecule has 11 heteroatoms. The summed E-state index contributed by atoms with van der Waals surface area (Å²) in [5, 5.41) is 15.6. The summed E-state index contributed by atoms with van der Waals surface area (Å²) in [6.45, 7) is -0.819. The van der Waals surface area contributed by atoms with E-state index in [1.807, 2.05) is 0 Å². The van der Waals surface area contributed by atoms with Crippen LogP contribution < -0.4 is 5.01 Å². The SMILES string of the molecule is O=C(/C=C/c1cccc([N+](=O)[O-])c1)OCC(=O)N(/N=C/c1ccccc1)c1cccc(C(F)(F)F)c1. The van der Waals surface area contributed by atoms with Gasteiger partial charge in [0.1, 0.15) is 0 Å². The fraction of sp³-hybridized carbons (Fsp3) is 0.0800. The fourth-order valence-corrected chi connectivity index (χ4v) is 2.90. The summed E-state index contributed by atoms with van der Waals surface area (Å²) in [4.78, 5) is 35.1. The molecule has 0 aliphatic rings. The van der Waals surface area contributed by atoms with Gasteiger partial charge in [0, 0.05) is 18.2 Å². The summed E-state index contributed by atoms with van der Waals surface area (Å²) in [5.74, 6) is -1.84. The second-order valence-electron chi connectivity index (χ2n) is 7.20. The van der Waals surface area contributed by atoms with Gasteiger partial charge in [-0.2, -0.15) is 23.3 Å². The molecule has 0 bridgehead atoms. The molecule has 36 heavy (non-hydrogen) atoms. The van der Waals surface area contributed by atoms with Gasteiger partial charge in [-0.1, -0.05) is 48.5 Å². The number of benzene rings is 3. The molecule has 0 saturated heterocycles. The molecule has 0 radical (unpaired) electrons. The van der Waals surface area contributed by atoms with E-state index in [-0.39, 0.29) is 11.4 Å². The Balaban J connectivity index is 1.75. The molecular formula is C25H18F3N3O5. The Morgan fingerprint density at radius 3 is 2.36 bits per heavy atom. The molecule has 0 aromatic heterocycles. The zero-order chi connectivity index (χ0) is 26.1. The van der Waals surface area contributed by atoms with E-state index >= 15 is 0 Å². The molecule has 3 aromatic rings. The van der Waals surface area contributed by atoms with Crippen molar-refractivity contribution < 1.29 is 32.4 Å². The van der Waals surface area contributed by atoms with E-state index in [1.165, 1.54) is 42.6 Å². The second kappa shape index (κ2) is 11.6. The summed E-state index contributed by atoms with van der Waals surface area (Å²) < 4.78 is 44.4. The monoisotopic (exact) mass is 497 g/mol. The van der Waals surface area contributed by atoms with Crippen LogP contribution >= 0.6 is 0 Å². The number of rotatable bonds is 8. The highest BCUT2D eigenvalue weighted by Crippen LogP contribution is 2.31. The first-order chi connectivity index (χ1) is 17.1. The number of nitrogens with zero attached hydrogens (tertiary/aromatic N) is 3. The highest BCUT2D eigenvalue weighted by atomic mass is 19.4. The van der Waals surface area contributed by atoms with Crippen LogP contribution in [0, 0.1) is 10.1 Å². The van der Waals surface area contributed by atoms with Crippen molar-refractivity contribution in [2.75, 3.05) is 11.6 Å². The summed E-state index contributed by atoms with van der Waals surface area (Å²) in [7, 11) is 0. The largest absolute Gasteiger partial charge is 0.452 e. The van der Waals surface area contributed by atoms with Crippen molar-refractivity contribution in [3.05, 3.63) is 112 Å². The summed E-state index contributed by atoms with van der Waals surface area (Å²) in [6.07, 6.45) is -1.13. The minimum atomic E-state index is -4.64. The van der Waals surface area contributed by atoms with E-state index in [0.29, 0.717) is 16.1 Å². The van der Waals surface area contributed by atoms with Gasteiger partial charge in [0.15, 0.2) is 6.61 Å². The topological polar surface area (TPSA) is 102 Å². The number of nitro groups is 1. The van der Waals surface area contributed by atoms with Crippen molar-refractivity contribution in [3.8, 4) is 0 Å². The lowest BCUT2D eigenvalue weighted by Crippen LogP contribution is -2.30. The average Bonchev–Trinajstić information content (AvgIpc) is 2.87. The number of alkyl halides is 3. The standard InChI is InChI=1S/C25H18F3N3O5/c26-25(27,28)20-9-5-10-21(15-20)30(29-16-19-6-2-1-3-7-19)23(32)17-36-24(33)13-12-18-8-4-11-22(14-18)31(34)35/h1-16H,17H2/b13-12+,29-16+. The number of amides is 1. The molecule has 3 aromatic carbocycles. The van der Waals surface area contributed by atoms with Gasteiger partial charge in [-0.15, -0.1) is 0 Å². The molecule has 0 heterocycles. The Morgan fingerprint density at radius 1 is 0.972 bits per heavy atom. The van der Waals surface area contributed by atoms with Crippen molar-refractivity contribution in [1.29, 1.82) is 0 Å². The van der Waals surface area contributed by atoms with Crippen LogP contribution in [0.4, 0.5) is 24.5 Å². The van der Waals surface area contributed by atoms with Crippen molar-refractivity contribution >= 4 is 35.5 Å². The number of hydrogen-bond donors (Lipinski definition) is 0. The second-order valence-corrected chi connectivity index (χ2v) is 7.20. The van der Waals surface area contributed by atoms with E-state index in [1.54, 1.807) is 30.3 Å². The third kappa shape index (κ3) is 7.35. The predicted octanol–water partition coefficient (Wildman–Crippen LogP) is 5.24. The molecule has 1 amide bonds. The number of carbonyl (C=O) groups is 2. The lowest BCUT2D eigenvalue weighted by Gasteiger charge is -2.18. The summed E-state index contributed by atoms with van der Waals surface area (Å²) in [6, 6.07) is 18.0. The molecule has 0 atom stereocenters. The van der Waals surface area contributed by atoms with E-state index in [4.69, 9.17) is 4.74 Å². The number of esters is 1. The minimum absolute atomic E-state index is 0.172. The number of ether oxygens (including phenoxy) is 1. The first kappa shape index (κ1) is 25.8. The fourth-order valence-electron chi connectivity index (χ4n) is 2.90. The maximum absolute atomic E-state index is 13.2. The Labute approximate surface area is 203 Å². The Morgan fingerprint density at radius 2 is 1.67 bits per heavy atom. The molecule has 0 aliphatic heterocycles. The third-order valence-corrected chi connectivity index (χ3v) is 4.61. The van der Waals surface area contributed by atoms with Crippen LogP contribution in [0.1, 0.15) is 16.7 Å². The van der Waals surface area contributed by atoms with Crippen molar-refractivity contribution in [2.45, 2.75) is 6.18 Å². The van der Waals surface area contributed by atoms with Crippen molar-refractivity contribution in [2.24, 2.45) is 5.10 Å². The van der Waals surface area contributed by atoms with Crippen LogP contribution in [0.2, 0.25) is 0 Å². The lowest BCUT2D eigenvalue weighted by molar-refractivity contribution is -0.384. The Hall–Kier alpha value is -4.80. The first-order valence-corrected chi connectivity index (χ1v) is 10.3. The number of carbonyl (C=O) groups excluding carboxylic acids is 2. The van der Waals surface area contributed by atoms with E-state index in [2.05, 4.69) is 5.10 Å². The highest BCUT2D eigenvalue weighted by Gasteiger charge is 2.31. The average molecular weight is 497 g/mol. The molecule has 3 rings (SSSR count). The van der Waals surface area contributed by atoms with Gasteiger partial charge in [0.25, 0.3) is 11.6 Å². The molecule has 8 nitrogen and oxygen atoms in total. The third-order valence-electron chi connectivity index (χ3n) is 4.61. The minimum Gasteiger partial charge on any atom is -0.452 e. The quantitative estimate of drug-likeness (QED) is 0.139. The highest BCUT2D eigenvalue weighted by molar-refractivity contribution is 5.97. The van der Waals surface area contributed by atoms with Crippen molar-refractivity contribution in [1.82, 2.24) is 0 Å². The van der Waals surface area contributed by atoms with E-state index in [9.17, 15) is 32.9 Å². The molecule has 0 aliphatic carbocycles. The van der Waals surface area contributed by atoms with Crippen LogP contribution in [0.3, 0.4) is 0 Å². The first-order valence-electron chi connectivity index (χ1n) is 10.3. The number of hydrogen-bond acceptors (Lipinski definition) is 6. The van der Waals surface area contributed by atoms with E-state index in [0.717, 1.165) is 24.3 Å². The van der Waals surface area contributed by atoms with Gasteiger partial charge in [0.05, 0.1) is 22.4 Å². The zero-order valence-electron chi connectivity index (χ0n) is 18.5. The smallest absolute Gasteiger partial charge is 0.416 e. The maximum Gasteiger partial charge on any atom is 0.416 e. The van der Waals surface area contributed by atoms with Gasteiger partial charge in [-0.25, -0.2) is 4.79 Å². The Kier molecular flexibility index (Phi) is 8.29. The molecule has 0 saturated carbocycles. The van der Waals surface area contributed by atoms with Gasteiger partial charge in [-0.3, -0.25) is 14.9 Å². The number of non-ortho nitro benzene ring substituents is 1. The summed E-state index contributed by atoms with van der Waals surface area (Å²) in [5.41, 5.74) is -0.395. The molecule has 184 valence electrons. The van der Waals surface area contributed by atoms with Gasteiger partial charge < -0.3 is 4.74 Å². The molecule has 0 spiro atoms. The van der Waals surface area contributed by atoms with Gasteiger partial charge in [-0.05, 0) is 35.4 Å². The number of nitro benzene ring substituents is 1. The van der Waals surface area contributed by atoms with Crippen LogP contribution in [-0.2, 0) is 20.5 Å². The van der Waals surface area contributed by atoms with Crippen LogP contribution in [0.15, 0.2) is 90.0 Å². The Bertz CT molecular complexity index is 1310. The predicted molar refractivity (Wildman–Crippen MR) is 126 cm³/mol.